The molecule has 0 N–H and O–H groups in total. The van der Waals surface area contributed by atoms with Crippen molar-refractivity contribution in [3.8, 4) is 0 Å². The zero-order valence-corrected chi connectivity index (χ0v) is 13.2. The topological polar surface area (TPSA) is 0 Å². The first-order valence-electron chi connectivity index (χ1n) is 8.38. The molecule has 0 aromatic carbocycles. The Hall–Kier alpha value is -0.780. The van der Waals surface area contributed by atoms with Crippen molar-refractivity contribution in [2.75, 3.05) is 0 Å². The van der Waals surface area contributed by atoms with Crippen molar-refractivity contribution in [1.82, 2.24) is 0 Å². The summed E-state index contributed by atoms with van der Waals surface area (Å²) >= 11 is 0. The predicted molar refractivity (Wildman–Crippen MR) is 89.6 cm³/mol. The largest absolute Gasteiger partial charge is 0.0885 e. The highest BCUT2D eigenvalue weighted by molar-refractivity contribution is 5.02. The average molecular weight is 262 g/mol. The van der Waals surface area contributed by atoms with Crippen LogP contribution in [0, 0.1) is 0 Å². The van der Waals surface area contributed by atoms with E-state index in [4.69, 9.17) is 0 Å². The van der Waals surface area contributed by atoms with E-state index < -0.39 is 0 Å². The van der Waals surface area contributed by atoms with Gasteiger partial charge in [0, 0.05) is 0 Å². The van der Waals surface area contributed by atoms with E-state index in [2.05, 4.69) is 50.3 Å². The Morgan fingerprint density at radius 2 is 1.11 bits per heavy atom. The molecular formula is C19H34. The maximum Gasteiger partial charge on any atom is -0.0313 e. The zero-order valence-electron chi connectivity index (χ0n) is 13.2. The van der Waals surface area contributed by atoms with E-state index in [1.165, 1.54) is 64.2 Å². The zero-order chi connectivity index (χ0) is 14.0. The molecule has 0 heteroatoms. The summed E-state index contributed by atoms with van der Waals surface area (Å²) in [5.41, 5.74) is 0. The molecule has 0 bridgehead atoms. The van der Waals surface area contributed by atoms with E-state index in [1.54, 1.807) is 0 Å². The van der Waals surface area contributed by atoms with Gasteiger partial charge in [-0.3, -0.25) is 0 Å². The monoisotopic (exact) mass is 262 g/mol. The van der Waals surface area contributed by atoms with Crippen molar-refractivity contribution in [2.24, 2.45) is 0 Å². The lowest BCUT2D eigenvalue weighted by molar-refractivity contribution is 0.592. The first-order valence-corrected chi connectivity index (χ1v) is 8.38. The molecule has 0 aromatic heterocycles. The molecule has 0 radical (unpaired) electrons. The molecule has 0 unspecified atom stereocenters. The van der Waals surface area contributed by atoms with Crippen LogP contribution in [0.15, 0.2) is 36.5 Å². The van der Waals surface area contributed by atoms with Gasteiger partial charge >= 0.3 is 0 Å². The minimum atomic E-state index is 1.13. The summed E-state index contributed by atoms with van der Waals surface area (Å²) < 4.78 is 0. The van der Waals surface area contributed by atoms with Gasteiger partial charge in [-0.2, -0.15) is 0 Å². The number of unbranched alkanes of at least 4 members (excludes halogenated alkanes) is 8. The lowest BCUT2D eigenvalue weighted by atomic mass is 10.1. The van der Waals surface area contributed by atoms with Crippen molar-refractivity contribution in [3.05, 3.63) is 36.5 Å². The Morgan fingerprint density at radius 3 is 1.84 bits per heavy atom. The van der Waals surface area contributed by atoms with Crippen LogP contribution in [0.2, 0.25) is 0 Å². The maximum absolute atomic E-state index is 2.36. The summed E-state index contributed by atoms with van der Waals surface area (Å²) in [7, 11) is 0. The van der Waals surface area contributed by atoms with Gasteiger partial charge in [0.1, 0.15) is 0 Å². The van der Waals surface area contributed by atoms with Gasteiger partial charge in [-0.15, -0.1) is 0 Å². The second-order valence-electron chi connectivity index (χ2n) is 5.22. The summed E-state index contributed by atoms with van der Waals surface area (Å²) in [5, 5.41) is 0. The Balaban J connectivity index is 3.17. The van der Waals surface area contributed by atoms with E-state index >= 15 is 0 Å². The number of rotatable bonds is 13. The minimum absolute atomic E-state index is 1.13. The van der Waals surface area contributed by atoms with E-state index in [1.807, 2.05) is 0 Å². The van der Waals surface area contributed by atoms with Crippen molar-refractivity contribution in [3.63, 3.8) is 0 Å². The van der Waals surface area contributed by atoms with E-state index in [0.717, 1.165) is 6.42 Å². The molecule has 0 nitrogen and oxygen atoms in total. The Kier molecular flexibility index (Phi) is 16.5. The molecule has 0 aliphatic carbocycles. The highest BCUT2D eigenvalue weighted by Gasteiger charge is 1.89. The fourth-order valence-electron chi connectivity index (χ4n) is 2.04. The normalized spacial score (nSPS) is 12.3. The maximum atomic E-state index is 2.36. The smallest absolute Gasteiger partial charge is 0.0313 e. The Morgan fingerprint density at radius 1 is 0.526 bits per heavy atom. The Bertz CT molecular complexity index is 232. The van der Waals surface area contributed by atoms with Gasteiger partial charge < -0.3 is 0 Å². The minimum Gasteiger partial charge on any atom is -0.0885 e. The summed E-state index contributed by atoms with van der Waals surface area (Å²) in [6, 6.07) is 0. The van der Waals surface area contributed by atoms with Crippen molar-refractivity contribution < 1.29 is 0 Å². The van der Waals surface area contributed by atoms with Gasteiger partial charge in [0.2, 0.25) is 0 Å². The quantitative estimate of drug-likeness (QED) is 0.191. The van der Waals surface area contributed by atoms with Crippen LogP contribution in [0.25, 0.3) is 0 Å². The van der Waals surface area contributed by atoms with Gasteiger partial charge in [0.05, 0.1) is 0 Å². The summed E-state index contributed by atoms with van der Waals surface area (Å²) in [6.07, 6.45) is 28.1. The molecule has 0 aliphatic heterocycles. The molecule has 0 fully saturated rings. The second-order valence-corrected chi connectivity index (χ2v) is 5.22. The van der Waals surface area contributed by atoms with Crippen molar-refractivity contribution in [2.45, 2.75) is 84.5 Å². The molecule has 0 heterocycles. The lowest BCUT2D eigenvalue weighted by Gasteiger charge is -1.98. The van der Waals surface area contributed by atoms with E-state index in [-0.39, 0.29) is 0 Å². The van der Waals surface area contributed by atoms with Crippen LogP contribution in [0.1, 0.15) is 84.5 Å². The predicted octanol–water partition coefficient (Wildman–Crippen LogP) is 6.99. The standard InChI is InChI=1S/C19H34/c1-3-5-7-9-11-13-15-17-19-18-16-14-12-10-8-6-4-2/h5,7,9,11,17,19H,3-4,6,8,10,12-16,18H2,1-2H3/b7-5+,11-9+,19-17+. The summed E-state index contributed by atoms with van der Waals surface area (Å²) in [5.74, 6) is 0. The van der Waals surface area contributed by atoms with Crippen LogP contribution in [0.3, 0.4) is 0 Å². The van der Waals surface area contributed by atoms with Crippen LogP contribution in [-0.4, -0.2) is 0 Å². The third-order valence-corrected chi connectivity index (χ3v) is 3.26. The average Bonchev–Trinajstić information content (AvgIpc) is 2.43. The van der Waals surface area contributed by atoms with Gasteiger partial charge in [-0.05, 0) is 32.1 Å². The summed E-state index contributed by atoms with van der Waals surface area (Å²) in [4.78, 5) is 0. The first kappa shape index (κ1) is 18.2. The van der Waals surface area contributed by atoms with Crippen LogP contribution in [0.4, 0.5) is 0 Å². The molecule has 0 amide bonds. The fraction of sp³-hybridized carbons (Fsp3) is 0.684. The second kappa shape index (κ2) is 17.2. The van der Waals surface area contributed by atoms with E-state index in [9.17, 15) is 0 Å². The number of hydrogen-bond donors (Lipinski definition) is 0. The molecule has 0 atom stereocenters. The van der Waals surface area contributed by atoms with Crippen LogP contribution < -0.4 is 0 Å². The molecule has 0 spiro atoms. The molecule has 0 saturated heterocycles. The summed E-state index contributed by atoms with van der Waals surface area (Å²) in [6.45, 7) is 4.44. The molecule has 0 saturated carbocycles. The van der Waals surface area contributed by atoms with E-state index in [0.29, 0.717) is 0 Å². The van der Waals surface area contributed by atoms with Crippen molar-refractivity contribution >= 4 is 0 Å². The lowest BCUT2D eigenvalue weighted by Crippen LogP contribution is -1.78. The van der Waals surface area contributed by atoms with Gasteiger partial charge in [0.15, 0.2) is 0 Å². The van der Waals surface area contributed by atoms with Crippen molar-refractivity contribution in [1.29, 1.82) is 0 Å². The third kappa shape index (κ3) is 17.2. The molecule has 0 aliphatic rings. The molecule has 110 valence electrons. The van der Waals surface area contributed by atoms with Crippen LogP contribution in [-0.2, 0) is 0 Å². The molecule has 0 aromatic rings. The van der Waals surface area contributed by atoms with Gasteiger partial charge in [0.25, 0.3) is 0 Å². The van der Waals surface area contributed by atoms with Crippen LogP contribution >= 0.6 is 0 Å². The number of allylic oxidation sites excluding steroid dienone is 6. The van der Waals surface area contributed by atoms with Gasteiger partial charge in [-0.25, -0.2) is 0 Å². The third-order valence-electron chi connectivity index (χ3n) is 3.26. The van der Waals surface area contributed by atoms with Gasteiger partial charge in [-0.1, -0.05) is 88.8 Å². The molecular weight excluding hydrogens is 228 g/mol. The molecule has 19 heavy (non-hydrogen) atoms. The highest BCUT2D eigenvalue weighted by Crippen LogP contribution is 2.08. The van der Waals surface area contributed by atoms with Crippen LogP contribution in [0.5, 0.6) is 0 Å². The highest BCUT2D eigenvalue weighted by atomic mass is 14.0. The number of hydrogen-bond acceptors (Lipinski definition) is 0. The Labute approximate surface area is 121 Å². The SMILES string of the molecule is CC/C=C/C=C/CC/C=C/CCCCCCCCC. The fourth-order valence-corrected chi connectivity index (χ4v) is 2.04. The first-order chi connectivity index (χ1) is 9.41. The molecule has 0 rings (SSSR count).